The molecule has 3 nitrogen and oxygen atoms in total. The standard InChI is InChI=1S/C13H8Cl2FNO2/c14-8-2-1-3-9(15)12(8)13(19)17-11-5-4-7(18)6-10(11)16/h1-6,18H,(H,17,19). The third kappa shape index (κ3) is 2.97. The number of hydrogen-bond donors (Lipinski definition) is 2. The predicted octanol–water partition coefficient (Wildman–Crippen LogP) is 4.09. The number of rotatable bonds is 2. The molecule has 0 bridgehead atoms. The summed E-state index contributed by atoms with van der Waals surface area (Å²) in [6, 6.07) is 8.01. The number of carbonyl (C=O) groups is 1. The van der Waals surface area contributed by atoms with E-state index >= 15 is 0 Å². The Morgan fingerprint density at radius 1 is 1.16 bits per heavy atom. The van der Waals surface area contributed by atoms with Gasteiger partial charge in [0.15, 0.2) is 0 Å². The second-order valence-corrected chi connectivity index (χ2v) is 4.53. The first-order chi connectivity index (χ1) is 8.99. The van der Waals surface area contributed by atoms with E-state index in [1.807, 2.05) is 0 Å². The van der Waals surface area contributed by atoms with Crippen molar-refractivity contribution >= 4 is 34.8 Å². The van der Waals surface area contributed by atoms with Crippen molar-refractivity contribution < 1.29 is 14.3 Å². The van der Waals surface area contributed by atoms with Crippen molar-refractivity contribution in [2.45, 2.75) is 0 Å². The largest absolute Gasteiger partial charge is 0.508 e. The lowest BCUT2D eigenvalue weighted by atomic mass is 10.2. The molecular formula is C13H8Cl2FNO2. The molecule has 0 heterocycles. The second kappa shape index (κ2) is 5.47. The van der Waals surface area contributed by atoms with Gasteiger partial charge in [-0.2, -0.15) is 0 Å². The number of nitrogens with one attached hydrogen (secondary N) is 1. The van der Waals surface area contributed by atoms with Gasteiger partial charge in [0, 0.05) is 6.07 Å². The molecule has 0 aliphatic rings. The number of anilines is 1. The Hall–Kier alpha value is -1.78. The Kier molecular flexibility index (Phi) is 3.93. The second-order valence-electron chi connectivity index (χ2n) is 3.71. The van der Waals surface area contributed by atoms with Crippen LogP contribution in [0.5, 0.6) is 5.75 Å². The molecule has 0 fully saturated rings. The summed E-state index contributed by atoms with van der Waals surface area (Å²) in [6.45, 7) is 0. The van der Waals surface area contributed by atoms with Crippen LogP contribution in [0.4, 0.5) is 10.1 Å². The average molecular weight is 300 g/mol. The maximum absolute atomic E-state index is 13.5. The third-order valence-corrected chi connectivity index (χ3v) is 3.02. The van der Waals surface area contributed by atoms with Crippen LogP contribution in [0, 0.1) is 5.82 Å². The number of benzene rings is 2. The van der Waals surface area contributed by atoms with Crippen molar-refractivity contribution in [1.82, 2.24) is 0 Å². The molecule has 0 atom stereocenters. The van der Waals surface area contributed by atoms with Gasteiger partial charge in [-0.1, -0.05) is 29.3 Å². The summed E-state index contributed by atoms with van der Waals surface area (Å²) in [4.78, 5) is 12.0. The number of phenolic OH excluding ortho intramolecular Hbond substituents is 1. The molecule has 0 aromatic heterocycles. The fourth-order valence-corrected chi connectivity index (χ4v) is 2.07. The molecule has 98 valence electrons. The highest BCUT2D eigenvalue weighted by Gasteiger charge is 2.16. The Balaban J connectivity index is 2.31. The van der Waals surface area contributed by atoms with Crippen LogP contribution in [0.2, 0.25) is 10.0 Å². The van der Waals surface area contributed by atoms with Crippen LogP contribution < -0.4 is 5.32 Å². The van der Waals surface area contributed by atoms with Crippen LogP contribution in [-0.4, -0.2) is 11.0 Å². The van der Waals surface area contributed by atoms with E-state index in [1.165, 1.54) is 24.3 Å². The molecule has 0 radical (unpaired) electrons. The predicted molar refractivity (Wildman–Crippen MR) is 72.5 cm³/mol. The molecule has 2 aromatic carbocycles. The minimum absolute atomic E-state index is 0.0679. The van der Waals surface area contributed by atoms with E-state index in [2.05, 4.69) is 5.32 Å². The van der Waals surface area contributed by atoms with Gasteiger partial charge in [0.2, 0.25) is 0 Å². The maximum atomic E-state index is 13.5. The monoisotopic (exact) mass is 299 g/mol. The van der Waals surface area contributed by atoms with Gasteiger partial charge in [-0.3, -0.25) is 4.79 Å². The molecule has 0 saturated heterocycles. The van der Waals surface area contributed by atoms with Gasteiger partial charge in [0.05, 0.1) is 21.3 Å². The van der Waals surface area contributed by atoms with Crippen LogP contribution in [-0.2, 0) is 0 Å². The summed E-state index contributed by atoms with van der Waals surface area (Å²) in [6.07, 6.45) is 0. The number of aromatic hydroxyl groups is 1. The molecule has 0 unspecified atom stereocenters. The smallest absolute Gasteiger partial charge is 0.258 e. The zero-order chi connectivity index (χ0) is 14.0. The van der Waals surface area contributed by atoms with Gasteiger partial charge >= 0.3 is 0 Å². The number of phenols is 1. The van der Waals surface area contributed by atoms with Crippen LogP contribution in [0.25, 0.3) is 0 Å². The Bertz CT molecular complexity index is 626. The summed E-state index contributed by atoms with van der Waals surface area (Å²) in [5, 5.41) is 11.8. The Morgan fingerprint density at radius 3 is 2.37 bits per heavy atom. The molecule has 0 aliphatic heterocycles. The fourth-order valence-electron chi connectivity index (χ4n) is 1.50. The normalized spacial score (nSPS) is 10.3. The van der Waals surface area contributed by atoms with Crippen LogP contribution in [0.15, 0.2) is 36.4 Å². The number of halogens is 3. The van der Waals surface area contributed by atoms with Gasteiger partial charge in [-0.15, -0.1) is 0 Å². The molecule has 0 spiro atoms. The topological polar surface area (TPSA) is 49.3 Å². The SMILES string of the molecule is O=C(Nc1ccc(O)cc1F)c1c(Cl)cccc1Cl. The molecule has 2 aromatic rings. The first-order valence-corrected chi connectivity index (χ1v) is 5.98. The van der Waals surface area contributed by atoms with Crippen molar-refractivity contribution in [1.29, 1.82) is 0 Å². The van der Waals surface area contributed by atoms with E-state index in [1.54, 1.807) is 6.07 Å². The van der Waals surface area contributed by atoms with E-state index in [0.29, 0.717) is 0 Å². The molecule has 2 rings (SSSR count). The molecule has 19 heavy (non-hydrogen) atoms. The van der Waals surface area contributed by atoms with E-state index < -0.39 is 11.7 Å². The first-order valence-electron chi connectivity index (χ1n) is 5.23. The summed E-state index contributed by atoms with van der Waals surface area (Å²) in [5.74, 6) is -1.61. The zero-order valence-electron chi connectivity index (χ0n) is 9.45. The lowest BCUT2D eigenvalue weighted by Gasteiger charge is -2.09. The van der Waals surface area contributed by atoms with Crippen molar-refractivity contribution in [2.24, 2.45) is 0 Å². The molecule has 0 saturated carbocycles. The Labute approximate surface area is 118 Å². The van der Waals surface area contributed by atoms with E-state index in [9.17, 15) is 9.18 Å². The van der Waals surface area contributed by atoms with Crippen LogP contribution >= 0.6 is 23.2 Å². The summed E-state index contributed by atoms with van der Waals surface area (Å²) in [5.41, 5.74) is -0.00269. The first kappa shape index (κ1) is 13.6. The van der Waals surface area contributed by atoms with E-state index in [4.69, 9.17) is 28.3 Å². The Morgan fingerprint density at radius 2 is 1.79 bits per heavy atom. The lowest BCUT2D eigenvalue weighted by molar-refractivity contribution is 0.102. The van der Waals surface area contributed by atoms with Crippen molar-refractivity contribution in [3.8, 4) is 5.75 Å². The van der Waals surface area contributed by atoms with Gasteiger partial charge in [0.25, 0.3) is 5.91 Å². The van der Waals surface area contributed by atoms with E-state index in [-0.39, 0.29) is 27.0 Å². The summed E-state index contributed by atoms with van der Waals surface area (Å²) in [7, 11) is 0. The van der Waals surface area contributed by atoms with Crippen molar-refractivity contribution in [2.75, 3.05) is 5.32 Å². The minimum Gasteiger partial charge on any atom is -0.508 e. The van der Waals surface area contributed by atoms with Gasteiger partial charge in [0.1, 0.15) is 11.6 Å². The van der Waals surface area contributed by atoms with Crippen LogP contribution in [0.1, 0.15) is 10.4 Å². The van der Waals surface area contributed by atoms with E-state index in [0.717, 1.165) is 6.07 Å². The molecule has 2 N–H and O–H groups in total. The molecule has 1 amide bonds. The highest BCUT2D eigenvalue weighted by molar-refractivity contribution is 6.40. The van der Waals surface area contributed by atoms with Gasteiger partial charge in [-0.05, 0) is 24.3 Å². The minimum atomic E-state index is -0.753. The maximum Gasteiger partial charge on any atom is 0.258 e. The fraction of sp³-hybridized carbons (Fsp3) is 0. The van der Waals surface area contributed by atoms with Crippen molar-refractivity contribution in [3.05, 3.63) is 57.8 Å². The van der Waals surface area contributed by atoms with Gasteiger partial charge in [-0.25, -0.2) is 4.39 Å². The van der Waals surface area contributed by atoms with Crippen molar-refractivity contribution in [3.63, 3.8) is 0 Å². The molecular weight excluding hydrogens is 292 g/mol. The third-order valence-electron chi connectivity index (χ3n) is 2.39. The average Bonchev–Trinajstić information content (AvgIpc) is 2.32. The number of hydrogen-bond acceptors (Lipinski definition) is 2. The van der Waals surface area contributed by atoms with Gasteiger partial charge < -0.3 is 10.4 Å². The zero-order valence-corrected chi connectivity index (χ0v) is 11.0. The number of amides is 1. The quantitative estimate of drug-likeness (QED) is 0.821. The highest BCUT2D eigenvalue weighted by Crippen LogP contribution is 2.26. The number of carbonyl (C=O) groups excluding carboxylic acids is 1. The lowest BCUT2D eigenvalue weighted by Crippen LogP contribution is -2.14. The molecule has 6 heteroatoms. The summed E-state index contributed by atoms with van der Waals surface area (Å²) < 4.78 is 13.5. The highest BCUT2D eigenvalue weighted by atomic mass is 35.5. The summed E-state index contributed by atoms with van der Waals surface area (Å²) >= 11 is 11.8. The molecule has 0 aliphatic carbocycles. The van der Waals surface area contributed by atoms with Crippen LogP contribution in [0.3, 0.4) is 0 Å².